The zero-order valence-corrected chi connectivity index (χ0v) is 19.5. The summed E-state index contributed by atoms with van der Waals surface area (Å²) in [6, 6.07) is 12.3. The Labute approximate surface area is 190 Å². The third kappa shape index (κ3) is 5.66. The highest BCUT2D eigenvalue weighted by atomic mass is 32.2. The van der Waals surface area contributed by atoms with Crippen molar-refractivity contribution in [2.24, 2.45) is 0 Å². The molecule has 11 heteroatoms. The lowest BCUT2D eigenvalue weighted by molar-refractivity contribution is -0.137. The number of aryl methyl sites for hydroxylation is 3. The maximum absolute atomic E-state index is 12.9. The molecule has 2 N–H and O–H groups in total. The van der Waals surface area contributed by atoms with Crippen LogP contribution in [0.15, 0.2) is 70.5 Å². The minimum Gasteiger partial charge on any atom is -0.280 e. The summed E-state index contributed by atoms with van der Waals surface area (Å²) in [5.74, 6) is 0. The molecule has 0 amide bonds. The van der Waals surface area contributed by atoms with Gasteiger partial charge in [-0.25, -0.2) is 16.8 Å². The lowest BCUT2D eigenvalue weighted by Gasteiger charge is -2.15. The fraction of sp³-hybridized carbons (Fsp3) is 0.182. The van der Waals surface area contributed by atoms with Crippen molar-refractivity contribution in [3.8, 4) is 0 Å². The van der Waals surface area contributed by atoms with Crippen LogP contribution in [-0.2, 0) is 26.2 Å². The molecule has 3 rings (SSSR count). The summed E-state index contributed by atoms with van der Waals surface area (Å²) < 4.78 is 94.6. The Morgan fingerprint density at radius 2 is 1.27 bits per heavy atom. The van der Waals surface area contributed by atoms with Crippen LogP contribution in [0, 0.1) is 20.8 Å². The summed E-state index contributed by atoms with van der Waals surface area (Å²) in [5.41, 5.74) is 0.681. The lowest BCUT2D eigenvalue weighted by atomic mass is 10.1. The third-order valence-corrected chi connectivity index (χ3v) is 7.86. The van der Waals surface area contributed by atoms with E-state index in [1.807, 2.05) is 6.92 Å². The van der Waals surface area contributed by atoms with Crippen LogP contribution in [-0.4, -0.2) is 16.8 Å². The molecule has 176 valence electrons. The van der Waals surface area contributed by atoms with Crippen LogP contribution in [0.2, 0.25) is 0 Å². The molecule has 0 aliphatic carbocycles. The summed E-state index contributed by atoms with van der Waals surface area (Å²) >= 11 is 0. The molecule has 0 aliphatic heterocycles. The Morgan fingerprint density at radius 1 is 0.667 bits per heavy atom. The second-order valence-electron chi connectivity index (χ2n) is 7.52. The number of nitrogens with one attached hydrogen (secondary N) is 2. The van der Waals surface area contributed by atoms with Crippen LogP contribution in [0.1, 0.15) is 22.3 Å². The van der Waals surface area contributed by atoms with E-state index in [1.54, 1.807) is 13.0 Å². The molecule has 33 heavy (non-hydrogen) atoms. The highest BCUT2D eigenvalue weighted by molar-refractivity contribution is 7.93. The SMILES string of the molecule is Cc1ccc(S(=O)(=O)Nc2ccc(C)c(S(=O)(=O)Nc3cccc(C(F)(F)F)c3)c2)cc1C. The Hall–Kier alpha value is -3.05. The molecule has 3 aromatic rings. The molecule has 0 spiro atoms. The van der Waals surface area contributed by atoms with Crippen LogP contribution < -0.4 is 9.44 Å². The van der Waals surface area contributed by atoms with Crippen LogP contribution in [0.25, 0.3) is 0 Å². The minimum atomic E-state index is -4.64. The monoisotopic (exact) mass is 498 g/mol. The first kappa shape index (κ1) is 24.6. The van der Waals surface area contributed by atoms with Crippen LogP contribution in [0.4, 0.5) is 24.5 Å². The fourth-order valence-electron chi connectivity index (χ4n) is 3.02. The van der Waals surface area contributed by atoms with Gasteiger partial charge in [0.05, 0.1) is 21.0 Å². The first-order chi connectivity index (χ1) is 15.2. The maximum atomic E-state index is 12.9. The summed E-state index contributed by atoms with van der Waals surface area (Å²) in [5, 5.41) is 0. The van der Waals surface area contributed by atoms with Crippen molar-refractivity contribution in [2.45, 2.75) is 36.7 Å². The van der Waals surface area contributed by atoms with E-state index in [1.165, 1.54) is 37.3 Å². The first-order valence-electron chi connectivity index (χ1n) is 9.60. The van der Waals surface area contributed by atoms with E-state index in [-0.39, 0.29) is 26.7 Å². The molecule has 0 aliphatic rings. The molecule has 6 nitrogen and oxygen atoms in total. The van der Waals surface area contributed by atoms with Crippen molar-refractivity contribution in [3.63, 3.8) is 0 Å². The van der Waals surface area contributed by atoms with E-state index >= 15 is 0 Å². The molecule has 0 saturated carbocycles. The lowest BCUT2D eigenvalue weighted by Crippen LogP contribution is -2.17. The maximum Gasteiger partial charge on any atom is 0.416 e. The topological polar surface area (TPSA) is 92.3 Å². The summed E-state index contributed by atoms with van der Waals surface area (Å²) in [6.07, 6.45) is -4.64. The number of hydrogen-bond acceptors (Lipinski definition) is 4. The van der Waals surface area contributed by atoms with Gasteiger partial charge >= 0.3 is 6.18 Å². The number of anilines is 2. The highest BCUT2D eigenvalue weighted by Crippen LogP contribution is 2.32. The van der Waals surface area contributed by atoms with E-state index in [9.17, 15) is 30.0 Å². The van der Waals surface area contributed by atoms with Crippen molar-refractivity contribution >= 4 is 31.4 Å². The van der Waals surface area contributed by atoms with Gasteiger partial charge in [-0.3, -0.25) is 9.44 Å². The van der Waals surface area contributed by atoms with Crippen molar-refractivity contribution in [3.05, 3.63) is 82.9 Å². The van der Waals surface area contributed by atoms with Gasteiger partial charge in [0.1, 0.15) is 0 Å². The van der Waals surface area contributed by atoms with Gasteiger partial charge in [0.2, 0.25) is 0 Å². The first-order valence-corrected chi connectivity index (χ1v) is 12.6. The van der Waals surface area contributed by atoms with Crippen LogP contribution in [0.3, 0.4) is 0 Å². The number of alkyl halides is 3. The molecule has 3 aromatic carbocycles. The van der Waals surface area contributed by atoms with Gasteiger partial charge in [-0.1, -0.05) is 18.2 Å². The quantitative estimate of drug-likeness (QED) is 0.487. The number of rotatable bonds is 6. The Morgan fingerprint density at radius 3 is 1.91 bits per heavy atom. The Balaban J connectivity index is 1.93. The van der Waals surface area contributed by atoms with Gasteiger partial charge in [0, 0.05) is 5.69 Å². The molecule has 0 saturated heterocycles. The second-order valence-corrected chi connectivity index (χ2v) is 10.8. The molecular weight excluding hydrogens is 477 g/mol. The zero-order chi connectivity index (χ0) is 24.6. The predicted octanol–water partition coefficient (Wildman–Crippen LogP) is 5.23. The molecule has 0 unspecified atom stereocenters. The van der Waals surface area contributed by atoms with E-state index < -0.39 is 31.8 Å². The van der Waals surface area contributed by atoms with Crippen LogP contribution >= 0.6 is 0 Å². The number of hydrogen-bond donors (Lipinski definition) is 2. The zero-order valence-electron chi connectivity index (χ0n) is 17.9. The minimum absolute atomic E-state index is 0.0109. The number of benzene rings is 3. The molecule has 0 radical (unpaired) electrons. The largest absolute Gasteiger partial charge is 0.416 e. The fourth-order valence-corrected chi connectivity index (χ4v) is 5.47. The highest BCUT2D eigenvalue weighted by Gasteiger charge is 2.31. The van der Waals surface area contributed by atoms with Crippen molar-refractivity contribution < 1.29 is 30.0 Å². The van der Waals surface area contributed by atoms with E-state index in [4.69, 9.17) is 0 Å². The van der Waals surface area contributed by atoms with Gasteiger partial charge in [-0.05, 0) is 79.9 Å². The smallest absolute Gasteiger partial charge is 0.280 e. The Bertz CT molecular complexity index is 1420. The van der Waals surface area contributed by atoms with Gasteiger partial charge in [-0.2, -0.15) is 13.2 Å². The average Bonchev–Trinajstić information content (AvgIpc) is 2.70. The molecule has 0 fully saturated rings. The molecule has 0 heterocycles. The number of sulfonamides is 2. The van der Waals surface area contributed by atoms with Crippen molar-refractivity contribution in [1.82, 2.24) is 0 Å². The summed E-state index contributed by atoms with van der Waals surface area (Å²) in [6.45, 7) is 5.10. The molecular formula is C22H21F3N2O4S2. The van der Waals surface area contributed by atoms with Gasteiger partial charge < -0.3 is 0 Å². The summed E-state index contributed by atoms with van der Waals surface area (Å²) in [4.78, 5) is -0.266. The third-order valence-electron chi connectivity index (χ3n) is 4.96. The van der Waals surface area contributed by atoms with E-state index in [0.29, 0.717) is 6.07 Å². The van der Waals surface area contributed by atoms with Gasteiger partial charge in [-0.15, -0.1) is 0 Å². The average molecular weight is 499 g/mol. The van der Waals surface area contributed by atoms with Crippen LogP contribution in [0.5, 0.6) is 0 Å². The predicted molar refractivity (Wildman–Crippen MR) is 120 cm³/mol. The van der Waals surface area contributed by atoms with E-state index in [2.05, 4.69) is 9.44 Å². The van der Waals surface area contributed by atoms with E-state index in [0.717, 1.165) is 29.3 Å². The normalized spacial score (nSPS) is 12.4. The summed E-state index contributed by atoms with van der Waals surface area (Å²) in [7, 11) is -8.31. The van der Waals surface area contributed by atoms with Crippen molar-refractivity contribution in [2.75, 3.05) is 9.44 Å². The van der Waals surface area contributed by atoms with Gasteiger partial charge in [0.15, 0.2) is 0 Å². The standard InChI is InChI=1S/C22H21F3N2O4S2/c1-14-8-10-20(11-16(14)3)32(28,29)26-19-9-7-15(2)21(13-19)33(30,31)27-18-6-4-5-17(12-18)22(23,24)25/h4-13,26-27H,1-3H3. The van der Waals surface area contributed by atoms with Crippen molar-refractivity contribution in [1.29, 1.82) is 0 Å². The molecule has 0 bridgehead atoms. The molecule has 0 atom stereocenters. The number of halogens is 3. The van der Waals surface area contributed by atoms with Gasteiger partial charge in [0.25, 0.3) is 20.0 Å². The second kappa shape index (κ2) is 8.71. The Kier molecular flexibility index (Phi) is 6.49. The molecule has 0 aromatic heterocycles.